The molecule has 0 aromatic carbocycles. The first kappa shape index (κ1) is 16.9. The second kappa shape index (κ2) is 8.10. The molecule has 1 unspecified atom stereocenters. The van der Waals surface area contributed by atoms with Gasteiger partial charge < -0.3 is 9.84 Å². The van der Waals surface area contributed by atoms with Gasteiger partial charge in [-0.3, -0.25) is 4.79 Å². The van der Waals surface area contributed by atoms with Gasteiger partial charge in [-0.25, -0.2) is 0 Å². The summed E-state index contributed by atoms with van der Waals surface area (Å²) in [5.41, 5.74) is 0.490. The first-order chi connectivity index (χ1) is 8.32. The molecule has 18 heavy (non-hydrogen) atoms. The van der Waals surface area contributed by atoms with E-state index in [9.17, 15) is 4.79 Å². The Bertz CT molecular complexity index is 282. The Morgan fingerprint density at radius 1 is 1.44 bits per heavy atom. The zero-order valence-electron chi connectivity index (χ0n) is 11.9. The van der Waals surface area contributed by atoms with Crippen molar-refractivity contribution in [3.05, 3.63) is 0 Å². The van der Waals surface area contributed by atoms with Crippen LogP contribution in [-0.4, -0.2) is 24.3 Å². The molecule has 1 aliphatic heterocycles. The Morgan fingerprint density at radius 3 is 2.11 bits per heavy atom. The van der Waals surface area contributed by atoms with E-state index in [1.807, 2.05) is 0 Å². The molecular formula is C14H25NO3. The second-order valence-corrected chi connectivity index (χ2v) is 5.68. The maximum Gasteiger partial charge on any atom is 0.320 e. The molecule has 1 fully saturated rings. The summed E-state index contributed by atoms with van der Waals surface area (Å²) in [7, 11) is 0. The van der Waals surface area contributed by atoms with Crippen LogP contribution in [0, 0.1) is 28.6 Å². The topological polar surface area (TPSA) is 70.3 Å². The molecule has 0 aromatic rings. The summed E-state index contributed by atoms with van der Waals surface area (Å²) in [5.74, 6) is -0.980. The summed E-state index contributed by atoms with van der Waals surface area (Å²) in [6, 6.07) is 1.65. The molecule has 1 heterocycles. The predicted molar refractivity (Wildman–Crippen MR) is 70.0 cm³/mol. The van der Waals surface area contributed by atoms with Gasteiger partial charge in [-0.2, -0.15) is 5.26 Å². The highest BCUT2D eigenvalue weighted by molar-refractivity contribution is 5.72. The molecule has 0 aliphatic carbocycles. The zero-order valence-corrected chi connectivity index (χ0v) is 11.9. The zero-order chi connectivity index (χ0) is 14.2. The molecule has 1 N–H and O–H groups in total. The lowest BCUT2D eigenvalue weighted by atomic mass is 9.76. The van der Waals surface area contributed by atoms with E-state index in [-0.39, 0.29) is 0 Å². The van der Waals surface area contributed by atoms with Gasteiger partial charge in [0, 0.05) is 13.2 Å². The Labute approximate surface area is 110 Å². The molecule has 1 saturated heterocycles. The van der Waals surface area contributed by atoms with E-state index in [1.54, 1.807) is 13.0 Å². The Kier molecular flexibility index (Phi) is 7.61. The van der Waals surface area contributed by atoms with Gasteiger partial charge in [0.1, 0.15) is 5.92 Å². The van der Waals surface area contributed by atoms with E-state index in [1.165, 1.54) is 12.8 Å². The highest BCUT2D eigenvalue weighted by atomic mass is 16.5. The number of aliphatic carboxylic acids is 1. The highest BCUT2D eigenvalue weighted by Gasteiger charge is 2.25. The minimum Gasteiger partial charge on any atom is -0.480 e. The number of carbonyl (C=O) groups is 1. The van der Waals surface area contributed by atoms with Gasteiger partial charge in [-0.1, -0.05) is 27.7 Å². The fourth-order valence-corrected chi connectivity index (χ4v) is 1.88. The van der Waals surface area contributed by atoms with Crippen LogP contribution in [0.25, 0.3) is 0 Å². The summed E-state index contributed by atoms with van der Waals surface area (Å²) in [6.45, 7) is 10.6. The number of ether oxygens (including phenoxy) is 1. The average molecular weight is 255 g/mol. The molecule has 0 saturated carbocycles. The monoisotopic (exact) mass is 255 g/mol. The minimum atomic E-state index is -1.03. The molecule has 0 radical (unpaired) electrons. The number of carboxylic acids is 1. The van der Waals surface area contributed by atoms with E-state index in [2.05, 4.69) is 20.8 Å². The van der Waals surface area contributed by atoms with Crippen LogP contribution in [0.1, 0.15) is 47.0 Å². The molecule has 0 spiro atoms. The third-order valence-electron chi connectivity index (χ3n) is 3.31. The minimum absolute atomic E-state index is 0.381. The standard InChI is InChI=1S/C9H18O.C5H7NO2/c1-9(2,3)8-4-6-10-7-5-8;1-2-4(3-6)5(7)8/h8H,4-7H2,1-3H3;4H,2H2,1H3,(H,7,8). The molecule has 0 amide bonds. The van der Waals surface area contributed by atoms with Gasteiger partial charge in [0.05, 0.1) is 6.07 Å². The van der Waals surface area contributed by atoms with Crippen molar-refractivity contribution in [2.75, 3.05) is 13.2 Å². The Balaban J connectivity index is 0.000000331. The number of carboxylic acid groups (broad SMARTS) is 1. The lowest BCUT2D eigenvalue weighted by molar-refractivity contribution is -0.139. The molecular weight excluding hydrogens is 230 g/mol. The van der Waals surface area contributed by atoms with E-state index < -0.39 is 11.9 Å². The van der Waals surface area contributed by atoms with Crippen LogP contribution in [0.3, 0.4) is 0 Å². The van der Waals surface area contributed by atoms with Crippen LogP contribution >= 0.6 is 0 Å². The van der Waals surface area contributed by atoms with Crippen LogP contribution in [0.15, 0.2) is 0 Å². The van der Waals surface area contributed by atoms with E-state index in [0.29, 0.717) is 11.8 Å². The molecule has 104 valence electrons. The number of hydrogen-bond donors (Lipinski definition) is 1. The normalized spacial score (nSPS) is 18.2. The number of nitrogens with zero attached hydrogens (tertiary/aromatic N) is 1. The lowest BCUT2D eigenvalue weighted by Gasteiger charge is -2.33. The summed E-state index contributed by atoms with van der Waals surface area (Å²) < 4.78 is 5.29. The summed E-state index contributed by atoms with van der Waals surface area (Å²) in [6.07, 6.45) is 2.89. The Hall–Kier alpha value is -1.08. The van der Waals surface area contributed by atoms with Gasteiger partial charge in [-0.05, 0) is 30.6 Å². The van der Waals surface area contributed by atoms with Gasteiger partial charge in [-0.15, -0.1) is 0 Å². The maximum absolute atomic E-state index is 9.94. The molecule has 4 nitrogen and oxygen atoms in total. The van der Waals surface area contributed by atoms with Gasteiger partial charge in [0.2, 0.25) is 0 Å². The second-order valence-electron chi connectivity index (χ2n) is 5.68. The smallest absolute Gasteiger partial charge is 0.320 e. The van der Waals surface area contributed by atoms with E-state index in [0.717, 1.165) is 19.1 Å². The van der Waals surface area contributed by atoms with Crippen LogP contribution in [-0.2, 0) is 9.53 Å². The molecule has 0 bridgehead atoms. The van der Waals surface area contributed by atoms with E-state index >= 15 is 0 Å². The molecule has 0 aromatic heterocycles. The highest BCUT2D eigenvalue weighted by Crippen LogP contribution is 2.33. The van der Waals surface area contributed by atoms with Crippen molar-refractivity contribution in [2.45, 2.75) is 47.0 Å². The van der Waals surface area contributed by atoms with Gasteiger partial charge in [0.25, 0.3) is 0 Å². The summed E-state index contributed by atoms with van der Waals surface area (Å²) in [5, 5.41) is 16.2. The van der Waals surface area contributed by atoms with Crippen LogP contribution < -0.4 is 0 Å². The maximum atomic E-state index is 9.94. The SMILES string of the molecule is CC(C)(C)C1CCOCC1.CCC(C#N)C(=O)O. The molecule has 1 aliphatic rings. The van der Waals surface area contributed by atoms with Crippen molar-refractivity contribution in [2.24, 2.45) is 17.3 Å². The fourth-order valence-electron chi connectivity index (χ4n) is 1.88. The van der Waals surface area contributed by atoms with E-state index in [4.69, 9.17) is 15.1 Å². The number of nitriles is 1. The Morgan fingerprint density at radius 2 is 1.94 bits per heavy atom. The largest absolute Gasteiger partial charge is 0.480 e. The molecule has 1 atom stereocenters. The third kappa shape index (κ3) is 6.61. The third-order valence-corrected chi connectivity index (χ3v) is 3.31. The van der Waals surface area contributed by atoms with Crippen molar-refractivity contribution < 1.29 is 14.6 Å². The summed E-state index contributed by atoms with van der Waals surface area (Å²) >= 11 is 0. The van der Waals surface area contributed by atoms with Crippen molar-refractivity contribution in [3.63, 3.8) is 0 Å². The predicted octanol–water partition coefficient (Wildman–Crippen LogP) is 3.08. The molecule has 4 heteroatoms. The molecule has 1 rings (SSSR count). The number of hydrogen-bond acceptors (Lipinski definition) is 3. The average Bonchev–Trinajstić information content (AvgIpc) is 2.31. The lowest BCUT2D eigenvalue weighted by Crippen LogP contribution is -2.27. The van der Waals surface area contributed by atoms with Crippen LogP contribution in [0.5, 0.6) is 0 Å². The van der Waals surface area contributed by atoms with Gasteiger partial charge in [0.15, 0.2) is 0 Å². The summed E-state index contributed by atoms with van der Waals surface area (Å²) in [4.78, 5) is 9.94. The van der Waals surface area contributed by atoms with Crippen molar-refractivity contribution in [1.29, 1.82) is 5.26 Å². The quantitative estimate of drug-likeness (QED) is 0.823. The first-order valence-corrected chi connectivity index (χ1v) is 6.53. The van der Waals surface area contributed by atoms with Crippen LogP contribution in [0.2, 0.25) is 0 Å². The number of rotatable bonds is 2. The van der Waals surface area contributed by atoms with Crippen LogP contribution in [0.4, 0.5) is 0 Å². The fraction of sp³-hybridized carbons (Fsp3) is 0.857. The first-order valence-electron chi connectivity index (χ1n) is 6.53. The van der Waals surface area contributed by atoms with Crippen molar-refractivity contribution in [3.8, 4) is 6.07 Å². The van der Waals surface area contributed by atoms with Crippen molar-refractivity contribution >= 4 is 5.97 Å². The van der Waals surface area contributed by atoms with Gasteiger partial charge >= 0.3 is 5.97 Å². The van der Waals surface area contributed by atoms with Crippen molar-refractivity contribution in [1.82, 2.24) is 0 Å².